The van der Waals surface area contributed by atoms with Crippen molar-refractivity contribution >= 4 is 39.6 Å². The third kappa shape index (κ3) is 13.7. The molecule has 0 bridgehead atoms. The summed E-state index contributed by atoms with van der Waals surface area (Å²) in [5, 5.41) is 18.9. The van der Waals surface area contributed by atoms with E-state index < -0.39 is 71.2 Å². The number of sulfone groups is 1. The Kier molecular flexibility index (Phi) is 12.7. The normalized spacial score (nSPS) is 12.7. The van der Waals surface area contributed by atoms with E-state index in [4.69, 9.17) is 9.84 Å². The molecule has 0 radical (unpaired) electrons. The molecule has 5 N–H and O–H groups in total. The van der Waals surface area contributed by atoms with Crippen molar-refractivity contribution in [2.24, 2.45) is 0 Å². The molecular weight excluding hydrogens is 496 g/mol. The van der Waals surface area contributed by atoms with Gasteiger partial charge in [0.15, 0.2) is 9.84 Å². The molecule has 4 amide bonds. The second-order valence-electron chi connectivity index (χ2n) is 7.59. The summed E-state index contributed by atoms with van der Waals surface area (Å²) in [4.78, 5) is 59.1. The molecule has 0 aliphatic carbocycles. The van der Waals surface area contributed by atoms with Crippen LogP contribution >= 0.6 is 0 Å². The van der Waals surface area contributed by atoms with Crippen LogP contribution in [0.1, 0.15) is 25.3 Å². The van der Waals surface area contributed by atoms with Gasteiger partial charge in [-0.2, -0.15) is 0 Å². The molecule has 1 aromatic rings. The van der Waals surface area contributed by atoms with Crippen LogP contribution in [0.2, 0.25) is 0 Å². The molecule has 36 heavy (non-hydrogen) atoms. The highest BCUT2D eigenvalue weighted by molar-refractivity contribution is 7.93. The van der Waals surface area contributed by atoms with E-state index in [1.807, 2.05) is 6.07 Å². The number of amides is 4. The molecule has 2 unspecified atom stereocenters. The molecule has 0 fully saturated rings. The Morgan fingerprint density at radius 3 is 2.22 bits per heavy atom. The lowest BCUT2D eigenvalue weighted by Gasteiger charge is -2.17. The standard InChI is InChI=1S/C22H30N4O9S/c1-3-17(26-22(32)35-14-15-7-5-4-6-8-15)21(31)24-12-18(27)23-13-19(28)25-16(11-20(29)30)9-10-36(2,33)34/h4-10,16-17H,3,11-14H2,1-2H3,(H,23,27)(H,24,31)(H,25,28)(H,26,32)(H,29,30). The lowest BCUT2D eigenvalue weighted by Crippen LogP contribution is -2.49. The number of ether oxygens (including phenoxy) is 1. The van der Waals surface area contributed by atoms with Crippen molar-refractivity contribution in [3.05, 3.63) is 47.4 Å². The van der Waals surface area contributed by atoms with Crippen LogP contribution in [0, 0.1) is 0 Å². The molecule has 0 saturated carbocycles. The second kappa shape index (κ2) is 15.1. The first-order valence-electron chi connectivity index (χ1n) is 10.8. The molecule has 198 valence electrons. The minimum absolute atomic E-state index is 0.0204. The van der Waals surface area contributed by atoms with Crippen LogP contribution in [0.4, 0.5) is 4.79 Å². The van der Waals surface area contributed by atoms with Gasteiger partial charge in [-0.05, 0) is 12.0 Å². The van der Waals surface area contributed by atoms with Crippen molar-refractivity contribution in [2.75, 3.05) is 19.3 Å². The van der Waals surface area contributed by atoms with Crippen LogP contribution in [0.15, 0.2) is 41.8 Å². The van der Waals surface area contributed by atoms with E-state index in [2.05, 4.69) is 21.3 Å². The largest absolute Gasteiger partial charge is 0.481 e. The summed E-state index contributed by atoms with van der Waals surface area (Å²) in [7, 11) is -3.53. The maximum atomic E-state index is 12.3. The Morgan fingerprint density at radius 1 is 1.00 bits per heavy atom. The summed E-state index contributed by atoms with van der Waals surface area (Å²) in [6.07, 6.45) is 0.780. The molecule has 1 rings (SSSR count). The number of benzene rings is 1. The molecule has 1 aromatic carbocycles. The Bertz CT molecular complexity index is 1060. The van der Waals surface area contributed by atoms with E-state index in [1.165, 1.54) is 0 Å². The first-order chi connectivity index (χ1) is 16.9. The number of carbonyl (C=O) groups is 5. The summed E-state index contributed by atoms with van der Waals surface area (Å²) < 4.78 is 27.5. The van der Waals surface area contributed by atoms with Crippen LogP contribution in [0.3, 0.4) is 0 Å². The highest BCUT2D eigenvalue weighted by atomic mass is 32.2. The summed E-state index contributed by atoms with van der Waals surface area (Å²) in [6.45, 7) is 0.638. The van der Waals surface area contributed by atoms with Crippen molar-refractivity contribution in [1.29, 1.82) is 0 Å². The van der Waals surface area contributed by atoms with Crippen LogP contribution in [-0.2, 0) is 40.4 Å². The molecule has 14 heteroatoms. The molecule has 0 heterocycles. The number of aliphatic carboxylic acids is 1. The smallest absolute Gasteiger partial charge is 0.408 e. The van der Waals surface area contributed by atoms with E-state index in [1.54, 1.807) is 31.2 Å². The zero-order valence-corrected chi connectivity index (χ0v) is 20.7. The van der Waals surface area contributed by atoms with E-state index in [0.29, 0.717) is 0 Å². The van der Waals surface area contributed by atoms with Gasteiger partial charge in [-0.15, -0.1) is 0 Å². The van der Waals surface area contributed by atoms with Crippen molar-refractivity contribution < 1.29 is 42.2 Å². The number of alkyl carbamates (subject to hydrolysis) is 1. The van der Waals surface area contributed by atoms with Crippen LogP contribution < -0.4 is 21.3 Å². The zero-order valence-electron chi connectivity index (χ0n) is 19.9. The monoisotopic (exact) mass is 526 g/mol. The van der Waals surface area contributed by atoms with Gasteiger partial charge in [0.25, 0.3) is 0 Å². The number of nitrogens with one attached hydrogen (secondary N) is 4. The quantitative estimate of drug-likeness (QED) is 0.211. The number of carboxylic acid groups (broad SMARTS) is 1. The molecule has 2 atom stereocenters. The third-order valence-electron chi connectivity index (χ3n) is 4.40. The van der Waals surface area contributed by atoms with Crippen molar-refractivity contribution in [3.8, 4) is 0 Å². The lowest BCUT2D eigenvalue weighted by molar-refractivity contribution is -0.137. The molecular formula is C22H30N4O9S. The van der Waals surface area contributed by atoms with Gasteiger partial charge in [0.2, 0.25) is 17.7 Å². The van der Waals surface area contributed by atoms with Crippen LogP contribution in [-0.4, -0.2) is 74.7 Å². The average molecular weight is 527 g/mol. The first-order valence-corrected chi connectivity index (χ1v) is 12.8. The minimum atomic E-state index is -3.53. The summed E-state index contributed by atoms with van der Waals surface area (Å²) in [6, 6.07) is 6.88. The number of rotatable bonds is 14. The van der Waals surface area contributed by atoms with Crippen molar-refractivity contribution in [2.45, 2.75) is 38.5 Å². The Balaban J connectivity index is 2.44. The summed E-state index contributed by atoms with van der Waals surface area (Å²) in [5.74, 6) is -3.40. The summed E-state index contributed by atoms with van der Waals surface area (Å²) in [5.41, 5.74) is 0.770. The third-order valence-corrected chi connectivity index (χ3v) is 5.05. The van der Waals surface area contributed by atoms with Gasteiger partial charge in [-0.25, -0.2) is 13.2 Å². The van der Waals surface area contributed by atoms with E-state index >= 15 is 0 Å². The van der Waals surface area contributed by atoms with Gasteiger partial charge < -0.3 is 31.1 Å². The van der Waals surface area contributed by atoms with Gasteiger partial charge in [0.1, 0.15) is 12.6 Å². The van der Waals surface area contributed by atoms with Crippen LogP contribution in [0.5, 0.6) is 0 Å². The average Bonchev–Trinajstić information content (AvgIpc) is 2.81. The fourth-order valence-electron chi connectivity index (χ4n) is 2.64. The number of hydrogen-bond acceptors (Lipinski definition) is 8. The summed E-state index contributed by atoms with van der Waals surface area (Å²) >= 11 is 0. The first kappa shape index (κ1) is 30.1. The predicted molar refractivity (Wildman–Crippen MR) is 128 cm³/mol. The molecule has 13 nitrogen and oxygen atoms in total. The van der Waals surface area contributed by atoms with E-state index in [9.17, 15) is 32.4 Å². The molecule has 0 aromatic heterocycles. The van der Waals surface area contributed by atoms with E-state index in [0.717, 1.165) is 23.3 Å². The predicted octanol–water partition coefficient (Wildman–Crippen LogP) is -0.558. The number of carbonyl (C=O) groups excluding carboxylic acids is 4. The van der Waals surface area contributed by atoms with Gasteiger partial charge >= 0.3 is 12.1 Å². The zero-order chi connectivity index (χ0) is 27.1. The van der Waals surface area contributed by atoms with Gasteiger partial charge in [0, 0.05) is 11.7 Å². The fraction of sp³-hybridized carbons (Fsp3) is 0.409. The topological polar surface area (TPSA) is 197 Å². The highest BCUT2D eigenvalue weighted by Crippen LogP contribution is 2.01. The van der Waals surface area contributed by atoms with Gasteiger partial charge in [-0.3, -0.25) is 19.2 Å². The van der Waals surface area contributed by atoms with Crippen LogP contribution in [0.25, 0.3) is 0 Å². The van der Waals surface area contributed by atoms with Crippen molar-refractivity contribution in [3.63, 3.8) is 0 Å². The minimum Gasteiger partial charge on any atom is -0.481 e. The van der Waals surface area contributed by atoms with Gasteiger partial charge in [-0.1, -0.05) is 43.3 Å². The molecule has 0 spiro atoms. The van der Waals surface area contributed by atoms with E-state index in [-0.39, 0.29) is 13.0 Å². The Hall–Kier alpha value is -3.94. The maximum Gasteiger partial charge on any atom is 0.408 e. The highest BCUT2D eigenvalue weighted by Gasteiger charge is 2.20. The maximum absolute atomic E-state index is 12.3. The molecule has 0 saturated heterocycles. The second-order valence-corrected chi connectivity index (χ2v) is 9.52. The number of carboxylic acids is 1. The SMILES string of the molecule is CCC(NC(=O)OCc1ccccc1)C(=O)NCC(=O)NCC(=O)NC(C=CS(C)(=O)=O)CC(=O)O. The fourth-order valence-corrected chi connectivity index (χ4v) is 3.12. The Morgan fingerprint density at radius 2 is 1.64 bits per heavy atom. The lowest BCUT2D eigenvalue weighted by atomic mass is 10.2. The molecule has 0 aliphatic rings. The van der Waals surface area contributed by atoms with Crippen molar-refractivity contribution in [1.82, 2.24) is 21.3 Å². The molecule has 0 aliphatic heterocycles. The number of hydrogen-bond donors (Lipinski definition) is 5. The Labute approximate surface area is 208 Å². The van der Waals surface area contributed by atoms with Gasteiger partial charge in [0.05, 0.1) is 25.6 Å².